The zero-order valence-corrected chi connectivity index (χ0v) is 13.7. The average Bonchev–Trinajstić information content (AvgIpc) is 2.63. The molecule has 1 aromatic carbocycles. The van der Waals surface area contributed by atoms with Crippen LogP contribution in [0.4, 0.5) is 10.5 Å². The number of carbonyl (C=O) groups excluding carboxylic acids is 2. The van der Waals surface area contributed by atoms with Crippen molar-refractivity contribution < 1.29 is 14.3 Å². The van der Waals surface area contributed by atoms with Crippen molar-refractivity contribution in [2.75, 3.05) is 5.32 Å². The second-order valence-electron chi connectivity index (χ2n) is 5.95. The molecule has 1 aliphatic carbocycles. The van der Waals surface area contributed by atoms with Crippen LogP contribution < -0.4 is 10.6 Å². The van der Waals surface area contributed by atoms with E-state index in [4.69, 9.17) is 4.74 Å². The van der Waals surface area contributed by atoms with Crippen LogP contribution in [0.25, 0.3) is 0 Å². The van der Waals surface area contributed by atoms with E-state index in [-0.39, 0.29) is 23.7 Å². The van der Waals surface area contributed by atoms with Gasteiger partial charge in [0, 0.05) is 30.5 Å². The van der Waals surface area contributed by atoms with E-state index < -0.39 is 6.09 Å². The highest BCUT2D eigenvalue weighted by Gasteiger charge is 2.26. The first-order valence-electron chi connectivity index (χ1n) is 8.30. The highest BCUT2D eigenvalue weighted by Crippen LogP contribution is 2.22. The number of rotatable bonds is 4. The number of amides is 2. The molecule has 2 amide bonds. The Morgan fingerprint density at radius 1 is 1.12 bits per heavy atom. The number of hydrogen-bond donors (Lipinski definition) is 2. The van der Waals surface area contributed by atoms with Crippen molar-refractivity contribution in [3.05, 3.63) is 54.6 Å². The van der Waals surface area contributed by atoms with Gasteiger partial charge in [0.2, 0.25) is 0 Å². The third kappa shape index (κ3) is 5.00. The molecule has 130 valence electrons. The first kappa shape index (κ1) is 16.9. The third-order valence-corrected chi connectivity index (χ3v) is 4.05. The third-order valence-electron chi connectivity index (χ3n) is 4.05. The van der Waals surface area contributed by atoms with Crippen LogP contribution in [0.15, 0.2) is 48.9 Å². The molecule has 1 heterocycles. The van der Waals surface area contributed by atoms with Crippen molar-refractivity contribution >= 4 is 17.7 Å². The van der Waals surface area contributed by atoms with E-state index >= 15 is 0 Å². The Labute approximate surface area is 145 Å². The Morgan fingerprint density at radius 2 is 1.96 bits per heavy atom. The first-order valence-corrected chi connectivity index (χ1v) is 8.30. The lowest BCUT2D eigenvalue weighted by molar-refractivity contribution is 0.0711. The lowest BCUT2D eigenvalue weighted by atomic mass is 9.93. The smallest absolute Gasteiger partial charge is 0.411 e. The maximum Gasteiger partial charge on any atom is 0.411 e. The second-order valence-corrected chi connectivity index (χ2v) is 5.95. The maximum absolute atomic E-state index is 12.1. The molecule has 1 saturated carbocycles. The molecule has 1 aliphatic rings. The van der Waals surface area contributed by atoms with Crippen molar-refractivity contribution in [3.63, 3.8) is 0 Å². The van der Waals surface area contributed by atoms with E-state index in [9.17, 15) is 9.59 Å². The van der Waals surface area contributed by atoms with Gasteiger partial charge in [-0.1, -0.05) is 18.2 Å². The van der Waals surface area contributed by atoms with Gasteiger partial charge in [-0.15, -0.1) is 0 Å². The molecular formula is C18H20N4O3. The minimum absolute atomic E-state index is 0.0437. The van der Waals surface area contributed by atoms with Gasteiger partial charge < -0.3 is 10.1 Å². The van der Waals surface area contributed by atoms with Crippen LogP contribution in [0.1, 0.15) is 36.2 Å². The molecule has 3 rings (SSSR count). The number of hydrogen-bond acceptors (Lipinski definition) is 5. The number of carbonyl (C=O) groups is 2. The van der Waals surface area contributed by atoms with Crippen molar-refractivity contribution in [2.24, 2.45) is 0 Å². The Hall–Kier alpha value is -2.96. The summed E-state index contributed by atoms with van der Waals surface area (Å²) in [4.78, 5) is 32.0. The Kier molecular flexibility index (Phi) is 5.56. The van der Waals surface area contributed by atoms with Crippen LogP contribution in [0.5, 0.6) is 0 Å². The Bertz CT molecular complexity index is 709. The van der Waals surface area contributed by atoms with Crippen LogP contribution in [0.2, 0.25) is 0 Å². The lowest BCUT2D eigenvalue weighted by Gasteiger charge is -2.29. The van der Waals surface area contributed by atoms with E-state index in [2.05, 4.69) is 20.6 Å². The normalized spacial score (nSPS) is 19.7. The molecule has 0 spiro atoms. The molecule has 1 aromatic heterocycles. The summed E-state index contributed by atoms with van der Waals surface area (Å²) in [5.41, 5.74) is 0.975. The minimum Gasteiger partial charge on any atom is -0.446 e. The highest BCUT2D eigenvalue weighted by atomic mass is 16.6. The van der Waals surface area contributed by atoms with E-state index in [1.807, 2.05) is 18.2 Å². The number of aromatic nitrogens is 2. The molecule has 25 heavy (non-hydrogen) atoms. The molecule has 2 N–H and O–H groups in total. The number of nitrogens with zero attached hydrogens (tertiary/aromatic N) is 2. The van der Waals surface area contributed by atoms with Crippen LogP contribution in [0, 0.1) is 0 Å². The molecule has 7 nitrogen and oxygen atoms in total. The Morgan fingerprint density at radius 3 is 2.72 bits per heavy atom. The fraction of sp³-hybridized carbons (Fsp3) is 0.333. The Balaban J connectivity index is 1.49. The van der Waals surface area contributed by atoms with Gasteiger partial charge in [0.15, 0.2) is 0 Å². The summed E-state index contributed by atoms with van der Waals surface area (Å²) in [6.07, 6.45) is 6.86. The fourth-order valence-electron chi connectivity index (χ4n) is 2.88. The molecule has 1 fully saturated rings. The topological polar surface area (TPSA) is 93.2 Å². The van der Waals surface area contributed by atoms with Gasteiger partial charge in [-0.3, -0.25) is 15.1 Å². The lowest BCUT2D eigenvalue weighted by Crippen LogP contribution is -2.41. The van der Waals surface area contributed by atoms with Crippen LogP contribution >= 0.6 is 0 Å². The maximum atomic E-state index is 12.1. The van der Waals surface area contributed by atoms with Crippen LogP contribution in [-0.4, -0.2) is 34.1 Å². The van der Waals surface area contributed by atoms with Gasteiger partial charge in [0.25, 0.3) is 5.91 Å². The van der Waals surface area contributed by atoms with E-state index in [0.717, 1.165) is 19.3 Å². The van der Waals surface area contributed by atoms with Crippen molar-refractivity contribution in [3.8, 4) is 0 Å². The summed E-state index contributed by atoms with van der Waals surface area (Å²) in [5.74, 6) is -0.257. The van der Waals surface area contributed by atoms with E-state index in [1.165, 1.54) is 18.6 Å². The van der Waals surface area contributed by atoms with Crippen LogP contribution in [-0.2, 0) is 4.74 Å². The van der Waals surface area contributed by atoms with Gasteiger partial charge in [-0.05, 0) is 31.4 Å². The molecule has 0 aliphatic heterocycles. The zero-order valence-electron chi connectivity index (χ0n) is 13.7. The summed E-state index contributed by atoms with van der Waals surface area (Å²) < 4.78 is 5.48. The molecule has 0 unspecified atom stereocenters. The molecule has 0 bridgehead atoms. The first-order chi connectivity index (χ1) is 12.2. The van der Waals surface area contributed by atoms with Crippen molar-refractivity contribution in [1.29, 1.82) is 0 Å². The number of nitrogens with one attached hydrogen (secondary N) is 2. The predicted octanol–water partition coefficient (Wildman–Crippen LogP) is 2.77. The number of ether oxygens (including phenoxy) is 1. The minimum atomic E-state index is -0.475. The van der Waals surface area contributed by atoms with Gasteiger partial charge in [-0.25, -0.2) is 9.78 Å². The van der Waals surface area contributed by atoms with Gasteiger partial charge >= 0.3 is 6.09 Å². The van der Waals surface area contributed by atoms with Gasteiger partial charge in [-0.2, -0.15) is 0 Å². The molecule has 7 heteroatoms. The number of benzene rings is 1. The van der Waals surface area contributed by atoms with E-state index in [1.54, 1.807) is 12.1 Å². The summed E-state index contributed by atoms with van der Waals surface area (Å²) in [6.45, 7) is 0. The average molecular weight is 340 g/mol. The quantitative estimate of drug-likeness (QED) is 0.893. The molecule has 2 atom stereocenters. The van der Waals surface area contributed by atoms with Gasteiger partial charge in [0.1, 0.15) is 11.8 Å². The predicted molar refractivity (Wildman–Crippen MR) is 92.1 cm³/mol. The number of anilines is 1. The second kappa shape index (κ2) is 8.23. The van der Waals surface area contributed by atoms with Crippen LogP contribution in [0.3, 0.4) is 0 Å². The zero-order chi connectivity index (χ0) is 17.5. The summed E-state index contributed by atoms with van der Waals surface area (Å²) in [7, 11) is 0. The SMILES string of the molecule is O=C(Nc1ccccc1)O[C@H]1CCC[C@H](NC(=O)c2cnccn2)C1. The van der Waals surface area contributed by atoms with Crippen molar-refractivity contribution in [2.45, 2.75) is 37.8 Å². The summed E-state index contributed by atoms with van der Waals surface area (Å²) in [6, 6.07) is 9.11. The summed E-state index contributed by atoms with van der Waals surface area (Å²) >= 11 is 0. The molecule has 0 radical (unpaired) electrons. The van der Waals surface area contributed by atoms with Gasteiger partial charge in [0.05, 0.1) is 6.20 Å². The summed E-state index contributed by atoms with van der Waals surface area (Å²) in [5, 5.41) is 5.64. The van der Waals surface area contributed by atoms with E-state index in [0.29, 0.717) is 12.1 Å². The highest BCUT2D eigenvalue weighted by molar-refractivity contribution is 5.92. The van der Waals surface area contributed by atoms with Crippen molar-refractivity contribution in [1.82, 2.24) is 15.3 Å². The standard InChI is InChI=1S/C18H20N4O3/c23-17(16-12-19-9-10-20-16)21-14-7-4-8-15(11-14)25-18(24)22-13-5-2-1-3-6-13/h1-3,5-6,9-10,12,14-15H,4,7-8,11H2,(H,21,23)(H,22,24)/t14-,15-/m0/s1. The molecule has 0 saturated heterocycles. The monoisotopic (exact) mass is 340 g/mol. The fourth-order valence-corrected chi connectivity index (χ4v) is 2.88. The largest absolute Gasteiger partial charge is 0.446 e. The molecule has 2 aromatic rings. The molecular weight excluding hydrogens is 320 g/mol. The number of para-hydroxylation sites is 1.